The fraction of sp³-hybridized carbons (Fsp3) is 0.333. The van der Waals surface area contributed by atoms with Crippen molar-refractivity contribution in [2.24, 2.45) is 0 Å². The van der Waals surface area contributed by atoms with Crippen LogP contribution in [0.2, 0.25) is 0 Å². The number of hydrogen-bond acceptors (Lipinski definition) is 2. The summed E-state index contributed by atoms with van der Waals surface area (Å²) in [5.41, 5.74) is 5.40. The molecule has 0 heterocycles. The Kier molecular flexibility index (Phi) is 10.6. The van der Waals surface area contributed by atoms with Crippen LogP contribution in [0.5, 0.6) is 0 Å². The first-order chi connectivity index (χ1) is 6.91. The monoisotopic (exact) mass is 190 g/mol. The number of rotatable bonds is 8. The lowest BCUT2D eigenvalue weighted by Crippen LogP contribution is -2.15. The lowest BCUT2D eigenvalue weighted by Gasteiger charge is -1.95. The maximum atomic E-state index is 3.47. The highest BCUT2D eigenvalue weighted by Gasteiger charge is 1.78. The molecule has 0 saturated carbocycles. The van der Waals surface area contributed by atoms with Crippen molar-refractivity contribution in [2.45, 2.75) is 0 Å². The van der Waals surface area contributed by atoms with Crippen LogP contribution in [-0.4, -0.2) is 26.2 Å². The van der Waals surface area contributed by atoms with Crippen molar-refractivity contribution in [3.05, 3.63) is 48.9 Å². The van der Waals surface area contributed by atoms with Crippen LogP contribution >= 0.6 is 0 Å². The van der Waals surface area contributed by atoms with Crippen molar-refractivity contribution in [1.29, 1.82) is 0 Å². The van der Waals surface area contributed by atoms with Gasteiger partial charge in [0.25, 0.3) is 0 Å². The molecular weight excluding hydrogens is 172 g/mol. The summed E-state index contributed by atoms with van der Waals surface area (Å²) in [7, 11) is 0. The largest absolute Gasteiger partial charge is 0.309 e. The first-order valence-electron chi connectivity index (χ1n) is 4.66. The Labute approximate surface area is 86.4 Å². The van der Waals surface area contributed by atoms with Crippen LogP contribution in [0.3, 0.4) is 0 Å². The zero-order valence-corrected chi connectivity index (χ0v) is 8.55. The van der Waals surface area contributed by atoms with Gasteiger partial charge in [-0.1, -0.05) is 25.3 Å². The average Bonchev–Trinajstić information content (AvgIpc) is 2.21. The highest BCUT2D eigenvalue weighted by Crippen LogP contribution is 1.71. The van der Waals surface area contributed by atoms with Crippen molar-refractivity contribution in [3.8, 4) is 0 Å². The van der Waals surface area contributed by atoms with E-state index in [1.807, 2.05) is 12.2 Å². The van der Waals surface area contributed by atoms with E-state index in [0.29, 0.717) is 0 Å². The summed E-state index contributed by atoms with van der Waals surface area (Å²) in [6, 6.07) is 0. The molecule has 0 radical (unpaired) electrons. The summed E-state index contributed by atoms with van der Waals surface area (Å²) in [4.78, 5) is 0. The molecule has 0 unspecified atom stereocenters. The quantitative estimate of drug-likeness (QED) is 0.343. The highest BCUT2D eigenvalue weighted by molar-refractivity contribution is 4.89. The standard InChI is InChI=1S/C12H18N2/c1-3-5-9-13-11-7-8-12-14-10-6-4-2/h5-8,13-14H,1-2,9-12H2. The molecule has 2 nitrogen and oxygen atoms in total. The average molecular weight is 190 g/mol. The first-order valence-corrected chi connectivity index (χ1v) is 4.66. The third-order valence-corrected chi connectivity index (χ3v) is 1.47. The Bertz CT molecular complexity index is 215. The minimum absolute atomic E-state index is 0.820. The Morgan fingerprint density at radius 1 is 0.786 bits per heavy atom. The molecule has 14 heavy (non-hydrogen) atoms. The molecule has 0 amide bonds. The van der Waals surface area contributed by atoms with Crippen molar-refractivity contribution in [3.63, 3.8) is 0 Å². The third kappa shape index (κ3) is 10.7. The molecule has 0 aromatic rings. The van der Waals surface area contributed by atoms with Gasteiger partial charge in [0.2, 0.25) is 0 Å². The second-order valence-electron chi connectivity index (χ2n) is 2.60. The molecule has 0 aliphatic rings. The van der Waals surface area contributed by atoms with Gasteiger partial charge in [-0.15, -0.1) is 11.5 Å². The van der Waals surface area contributed by atoms with Gasteiger partial charge in [-0.3, -0.25) is 0 Å². The normalized spacial score (nSPS) is 9.43. The minimum atomic E-state index is 0.820. The van der Waals surface area contributed by atoms with Crippen molar-refractivity contribution in [2.75, 3.05) is 26.2 Å². The van der Waals surface area contributed by atoms with Gasteiger partial charge in [0.15, 0.2) is 0 Å². The molecule has 0 spiro atoms. The van der Waals surface area contributed by atoms with Crippen molar-refractivity contribution >= 4 is 0 Å². The molecule has 0 fully saturated rings. The van der Waals surface area contributed by atoms with E-state index in [4.69, 9.17) is 0 Å². The van der Waals surface area contributed by atoms with Gasteiger partial charge in [0.05, 0.1) is 0 Å². The van der Waals surface area contributed by atoms with Gasteiger partial charge < -0.3 is 10.6 Å². The van der Waals surface area contributed by atoms with Gasteiger partial charge in [0, 0.05) is 26.2 Å². The fourth-order valence-electron chi connectivity index (χ4n) is 0.789. The second kappa shape index (κ2) is 11.7. The molecule has 2 N–H and O–H groups in total. The first kappa shape index (κ1) is 12.7. The minimum Gasteiger partial charge on any atom is -0.309 e. The zero-order chi connectivity index (χ0) is 10.5. The molecule has 0 aliphatic carbocycles. The van der Waals surface area contributed by atoms with Gasteiger partial charge in [-0.2, -0.15) is 0 Å². The summed E-state index contributed by atoms with van der Waals surface area (Å²) in [6.07, 6.45) is 7.89. The maximum absolute atomic E-state index is 3.47. The third-order valence-electron chi connectivity index (χ3n) is 1.47. The molecule has 76 valence electrons. The van der Waals surface area contributed by atoms with Crippen molar-refractivity contribution in [1.82, 2.24) is 10.6 Å². The lowest BCUT2D eigenvalue weighted by molar-refractivity contribution is 0.821. The summed E-state index contributed by atoms with van der Waals surface area (Å²) in [5, 5.41) is 6.37. The van der Waals surface area contributed by atoms with E-state index in [9.17, 15) is 0 Å². The predicted molar refractivity (Wildman–Crippen MR) is 62.3 cm³/mol. The summed E-state index contributed by atoms with van der Waals surface area (Å²) in [5.74, 6) is 0. The molecule has 0 atom stereocenters. The van der Waals surface area contributed by atoms with E-state index in [-0.39, 0.29) is 0 Å². The van der Waals surface area contributed by atoms with E-state index in [1.165, 1.54) is 0 Å². The van der Waals surface area contributed by atoms with Gasteiger partial charge in [0.1, 0.15) is 0 Å². The maximum Gasteiger partial charge on any atom is 0.0212 e. The zero-order valence-electron chi connectivity index (χ0n) is 8.55. The number of hydrogen-bond donors (Lipinski definition) is 2. The Morgan fingerprint density at radius 3 is 1.57 bits per heavy atom. The Morgan fingerprint density at radius 2 is 1.21 bits per heavy atom. The lowest BCUT2D eigenvalue weighted by atomic mass is 10.4. The Balaban J connectivity index is 3.18. The summed E-state index contributed by atoms with van der Waals surface area (Å²) in [6.45, 7) is 10.3. The van der Waals surface area contributed by atoms with Crippen LogP contribution in [0.1, 0.15) is 0 Å². The predicted octanol–water partition coefficient (Wildman–Crippen LogP) is 1.40. The van der Waals surface area contributed by atoms with Crippen LogP contribution < -0.4 is 10.6 Å². The van der Waals surface area contributed by atoms with Crippen LogP contribution in [0.15, 0.2) is 48.9 Å². The van der Waals surface area contributed by atoms with Gasteiger partial charge in [-0.05, 0) is 12.2 Å². The molecule has 0 rings (SSSR count). The Hall–Kier alpha value is -1.30. The van der Waals surface area contributed by atoms with Crippen LogP contribution in [0.25, 0.3) is 0 Å². The summed E-state index contributed by atoms with van der Waals surface area (Å²) < 4.78 is 0. The van der Waals surface area contributed by atoms with Crippen LogP contribution in [0, 0.1) is 0 Å². The number of nitrogens with one attached hydrogen (secondary N) is 2. The molecule has 0 saturated heterocycles. The molecule has 0 bridgehead atoms. The smallest absolute Gasteiger partial charge is 0.0212 e. The van der Waals surface area contributed by atoms with Gasteiger partial charge >= 0.3 is 0 Å². The molecule has 0 aromatic carbocycles. The molecule has 0 aromatic heterocycles. The molecule has 0 aliphatic heterocycles. The SMILES string of the molecule is C=C=CCNCC=CCNCC=C=C. The van der Waals surface area contributed by atoms with E-state index in [2.05, 4.69) is 47.4 Å². The second-order valence-corrected chi connectivity index (χ2v) is 2.60. The van der Waals surface area contributed by atoms with E-state index >= 15 is 0 Å². The fourth-order valence-corrected chi connectivity index (χ4v) is 0.789. The van der Waals surface area contributed by atoms with E-state index in [0.717, 1.165) is 26.2 Å². The highest BCUT2D eigenvalue weighted by atomic mass is 14.8. The summed E-state index contributed by atoms with van der Waals surface area (Å²) >= 11 is 0. The van der Waals surface area contributed by atoms with Gasteiger partial charge in [-0.25, -0.2) is 0 Å². The van der Waals surface area contributed by atoms with Crippen LogP contribution in [-0.2, 0) is 0 Å². The van der Waals surface area contributed by atoms with E-state index in [1.54, 1.807) is 0 Å². The van der Waals surface area contributed by atoms with Crippen LogP contribution in [0.4, 0.5) is 0 Å². The van der Waals surface area contributed by atoms with E-state index < -0.39 is 0 Å². The molecular formula is C12H18N2. The van der Waals surface area contributed by atoms with Crippen molar-refractivity contribution < 1.29 is 0 Å². The molecule has 2 heteroatoms. The topological polar surface area (TPSA) is 24.1 Å².